The first kappa shape index (κ1) is 14.2. The van der Waals surface area contributed by atoms with Gasteiger partial charge in [0.05, 0.1) is 6.04 Å². The van der Waals surface area contributed by atoms with Crippen molar-refractivity contribution in [1.29, 1.82) is 0 Å². The highest BCUT2D eigenvalue weighted by Crippen LogP contribution is 2.40. The van der Waals surface area contributed by atoms with E-state index in [1.54, 1.807) is 0 Å². The predicted molar refractivity (Wildman–Crippen MR) is 85.8 cm³/mol. The fraction of sp³-hybridized carbons (Fsp3) is 0.389. The van der Waals surface area contributed by atoms with E-state index in [0.717, 1.165) is 6.42 Å². The van der Waals surface area contributed by atoms with Crippen LogP contribution in [-0.2, 0) is 6.42 Å². The monoisotopic (exact) mass is 281 g/mol. The summed E-state index contributed by atoms with van der Waals surface area (Å²) in [5, 5.41) is 0. The predicted octanol–water partition coefficient (Wildman–Crippen LogP) is 3.46. The van der Waals surface area contributed by atoms with Crippen LogP contribution in [0.4, 0.5) is 0 Å². The third-order valence-corrected chi connectivity index (χ3v) is 4.65. The molecule has 110 valence electrons. The van der Waals surface area contributed by atoms with Crippen LogP contribution in [0.5, 0.6) is 0 Å². The van der Waals surface area contributed by atoms with Gasteiger partial charge in [0.2, 0.25) is 0 Å². The minimum atomic E-state index is 0.0414. The number of aryl methyl sites for hydroxylation is 1. The summed E-state index contributed by atoms with van der Waals surface area (Å²) in [6, 6.07) is 10.8. The van der Waals surface area contributed by atoms with Gasteiger partial charge in [0.1, 0.15) is 0 Å². The van der Waals surface area contributed by atoms with Crippen molar-refractivity contribution in [2.45, 2.75) is 44.6 Å². The Labute approximate surface area is 126 Å². The number of hydrogen-bond donors (Lipinski definition) is 2. The molecule has 3 rings (SSSR count). The van der Waals surface area contributed by atoms with Crippen LogP contribution in [0.2, 0.25) is 0 Å². The molecule has 1 atom stereocenters. The standard InChI is InChI=1S/C18H23N3/c1-2-13-12-20-11-10-16(13)18(21-19)17-9-4-3-8-15(17)14-6-5-7-14/h3-4,8-12,14,18,21H,2,5-7,19H2,1H3. The quantitative estimate of drug-likeness (QED) is 0.652. The zero-order valence-corrected chi connectivity index (χ0v) is 12.5. The molecule has 1 unspecified atom stereocenters. The van der Waals surface area contributed by atoms with Crippen molar-refractivity contribution in [2.75, 3.05) is 0 Å². The SMILES string of the molecule is CCc1cnccc1C(NN)c1ccccc1C1CCC1. The molecule has 0 aliphatic heterocycles. The highest BCUT2D eigenvalue weighted by molar-refractivity contribution is 5.42. The molecule has 3 nitrogen and oxygen atoms in total. The number of pyridine rings is 1. The highest BCUT2D eigenvalue weighted by Gasteiger charge is 2.26. The Morgan fingerprint density at radius 1 is 1.24 bits per heavy atom. The van der Waals surface area contributed by atoms with Gasteiger partial charge in [0, 0.05) is 12.4 Å². The second-order valence-electron chi connectivity index (χ2n) is 5.78. The normalized spacial score (nSPS) is 16.5. The van der Waals surface area contributed by atoms with Crippen LogP contribution in [0.3, 0.4) is 0 Å². The first-order valence-electron chi connectivity index (χ1n) is 7.82. The minimum absolute atomic E-state index is 0.0414. The number of hydrazine groups is 1. The molecule has 1 aliphatic rings. The van der Waals surface area contributed by atoms with E-state index in [-0.39, 0.29) is 6.04 Å². The molecule has 0 saturated heterocycles. The maximum absolute atomic E-state index is 5.92. The van der Waals surface area contributed by atoms with E-state index < -0.39 is 0 Å². The Morgan fingerprint density at radius 3 is 2.71 bits per heavy atom. The Balaban J connectivity index is 2.04. The molecule has 1 fully saturated rings. The van der Waals surface area contributed by atoms with E-state index in [1.165, 1.54) is 41.5 Å². The zero-order valence-electron chi connectivity index (χ0n) is 12.5. The number of nitrogens with zero attached hydrogens (tertiary/aromatic N) is 1. The van der Waals surface area contributed by atoms with Gasteiger partial charge in [-0.15, -0.1) is 0 Å². The van der Waals surface area contributed by atoms with Crippen LogP contribution in [0.15, 0.2) is 42.7 Å². The van der Waals surface area contributed by atoms with Crippen LogP contribution >= 0.6 is 0 Å². The molecule has 0 bridgehead atoms. The van der Waals surface area contributed by atoms with Crippen molar-refractivity contribution >= 4 is 0 Å². The average molecular weight is 281 g/mol. The fourth-order valence-corrected chi connectivity index (χ4v) is 3.23. The first-order valence-corrected chi connectivity index (χ1v) is 7.82. The lowest BCUT2D eigenvalue weighted by molar-refractivity contribution is 0.414. The van der Waals surface area contributed by atoms with Gasteiger partial charge in [-0.25, -0.2) is 5.43 Å². The number of aromatic nitrogens is 1. The number of nitrogens with one attached hydrogen (secondary N) is 1. The van der Waals surface area contributed by atoms with Crippen molar-refractivity contribution in [3.05, 3.63) is 65.0 Å². The molecule has 1 saturated carbocycles. The topological polar surface area (TPSA) is 50.9 Å². The summed E-state index contributed by atoms with van der Waals surface area (Å²) in [4.78, 5) is 4.24. The van der Waals surface area contributed by atoms with Crippen molar-refractivity contribution < 1.29 is 0 Å². The van der Waals surface area contributed by atoms with Gasteiger partial charge in [-0.2, -0.15) is 0 Å². The molecular formula is C18H23N3. The molecule has 0 amide bonds. The van der Waals surface area contributed by atoms with E-state index >= 15 is 0 Å². The van der Waals surface area contributed by atoms with Gasteiger partial charge in [-0.3, -0.25) is 10.8 Å². The average Bonchev–Trinajstić information content (AvgIpc) is 2.48. The van der Waals surface area contributed by atoms with Crippen molar-refractivity contribution in [3.8, 4) is 0 Å². The van der Waals surface area contributed by atoms with Crippen LogP contribution in [0, 0.1) is 0 Å². The second-order valence-corrected chi connectivity index (χ2v) is 5.78. The molecule has 1 aromatic carbocycles. The Morgan fingerprint density at radius 2 is 2.05 bits per heavy atom. The van der Waals surface area contributed by atoms with Gasteiger partial charge in [-0.05, 0) is 53.5 Å². The highest BCUT2D eigenvalue weighted by atomic mass is 15.2. The van der Waals surface area contributed by atoms with E-state index in [9.17, 15) is 0 Å². The van der Waals surface area contributed by atoms with Crippen molar-refractivity contribution in [3.63, 3.8) is 0 Å². The lowest BCUT2D eigenvalue weighted by Crippen LogP contribution is -2.31. The molecule has 0 radical (unpaired) electrons. The van der Waals surface area contributed by atoms with E-state index in [1.807, 2.05) is 12.4 Å². The number of hydrogen-bond acceptors (Lipinski definition) is 3. The Hall–Kier alpha value is -1.71. The molecule has 1 aliphatic carbocycles. The van der Waals surface area contributed by atoms with E-state index in [4.69, 9.17) is 5.84 Å². The summed E-state index contributed by atoms with van der Waals surface area (Å²) in [5.74, 6) is 6.62. The lowest BCUT2D eigenvalue weighted by Gasteiger charge is -2.31. The molecule has 3 heteroatoms. The van der Waals surface area contributed by atoms with Crippen LogP contribution in [0.25, 0.3) is 0 Å². The summed E-state index contributed by atoms with van der Waals surface area (Å²) in [6.45, 7) is 2.16. The third-order valence-electron chi connectivity index (χ3n) is 4.65. The van der Waals surface area contributed by atoms with Crippen LogP contribution < -0.4 is 11.3 Å². The first-order chi connectivity index (χ1) is 10.3. The van der Waals surface area contributed by atoms with E-state index in [0.29, 0.717) is 5.92 Å². The summed E-state index contributed by atoms with van der Waals surface area (Å²) in [6.07, 6.45) is 8.70. The maximum Gasteiger partial charge on any atom is 0.0716 e. The summed E-state index contributed by atoms with van der Waals surface area (Å²) in [5.41, 5.74) is 8.28. The molecule has 2 aromatic rings. The Kier molecular flexibility index (Phi) is 4.32. The van der Waals surface area contributed by atoms with Gasteiger partial charge in [0.15, 0.2) is 0 Å². The van der Waals surface area contributed by atoms with Crippen LogP contribution in [-0.4, -0.2) is 4.98 Å². The second kappa shape index (κ2) is 6.37. The smallest absolute Gasteiger partial charge is 0.0716 e. The third kappa shape index (κ3) is 2.71. The lowest BCUT2D eigenvalue weighted by atomic mass is 9.76. The van der Waals surface area contributed by atoms with Crippen molar-refractivity contribution in [2.24, 2.45) is 5.84 Å². The molecular weight excluding hydrogens is 258 g/mol. The fourth-order valence-electron chi connectivity index (χ4n) is 3.23. The maximum atomic E-state index is 5.92. The number of rotatable bonds is 5. The Bertz CT molecular complexity index is 605. The van der Waals surface area contributed by atoms with Gasteiger partial charge < -0.3 is 0 Å². The molecule has 0 spiro atoms. The largest absolute Gasteiger partial charge is 0.271 e. The molecule has 1 heterocycles. The van der Waals surface area contributed by atoms with Crippen LogP contribution in [0.1, 0.15) is 60.4 Å². The molecule has 21 heavy (non-hydrogen) atoms. The van der Waals surface area contributed by atoms with Crippen molar-refractivity contribution in [1.82, 2.24) is 10.4 Å². The zero-order chi connectivity index (χ0) is 14.7. The number of benzene rings is 1. The molecule has 3 N–H and O–H groups in total. The summed E-state index contributed by atoms with van der Waals surface area (Å²) >= 11 is 0. The van der Waals surface area contributed by atoms with E-state index in [2.05, 4.69) is 47.7 Å². The van der Waals surface area contributed by atoms with Gasteiger partial charge in [0.25, 0.3) is 0 Å². The summed E-state index contributed by atoms with van der Waals surface area (Å²) < 4.78 is 0. The van der Waals surface area contributed by atoms with Gasteiger partial charge in [-0.1, -0.05) is 37.6 Å². The minimum Gasteiger partial charge on any atom is -0.271 e. The molecule has 1 aromatic heterocycles. The van der Waals surface area contributed by atoms with Gasteiger partial charge >= 0.3 is 0 Å². The summed E-state index contributed by atoms with van der Waals surface area (Å²) in [7, 11) is 0. The number of nitrogens with two attached hydrogens (primary N) is 1.